The first kappa shape index (κ1) is 4.53. The fraction of sp³-hybridized carbons (Fsp3) is 1.00. The highest BCUT2D eigenvalue weighted by atomic mass is 27.0. The van der Waals surface area contributed by atoms with Crippen LogP contribution in [0.5, 0.6) is 0 Å². The third-order valence-electron chi connectivity index (χ3n) is 0.289. The molecule has 0 atom stereocenters. The second-order valence-corrected chi connectivity index (χ2v) is 1.37. The van der Waals surface area contributed by atoms with Crippen molar-refractivity contribution in [2.45, 2.75) is 18.6 Å². The molecule has 2 radical (unpaired) electrons. The Labute approximate surface area is 35.6 Å². The van der Waals surface area contributed by atoms with Gasteiger partial charge >= 0.3 is 0 Å². The average Bonchev–Trinajstić information content (AvgIpc) is 1.37. The van der Waals surface area contributed by atoms with Gasteiger partial charge in [-0.15, -0.1) is 5.28 Å². The van der Waals surface area contributed by atoms with Crippen LogP contribution in [0.3, 0.4) is 0 Å². The van der Waals surface area contributed by atoms with Crippen LogP contribution in [0.1, 0.15) is 13.3 Å². The van der Waals surface area contributed by atoms with Crippen LogP contribution in [0.4, 0.5) is 0 Å². The largest absolute Gasteiger partial charge is 0.118 e. The van der Waals surface area contributed by atoms with E-state index in [1.165, 1.54) is 11.7 Å². The van der Waals surface area contributed by atoms with Crippen LogP contribution in [0.25, 0.3) is 0 Å². The van der Waals surface area contributed by atoms with Gasteiger partial charge < -0.3 is 0 Å². The van der Waals surface area contributed by atoms with Gasteiger partial charge in [-0.2, -0.15) is 0 Å². The molecule has 1 heteroatoms. The highest BCUT2D eigenvalue weighted by Gasteiger charge is 1.56. The SMILES string of the molecule is CC[CH2][Al]. The first-order valence-corrected chi connectivity index (χ1v) is 2.43. The van der Waals surface area contributed by atoms with Crippen molar-refractivity contribution in [3.05, 3.63) is 0 Å². The predicted molar refractivity (Wildman–Crippen MR) is 20.9 cm³/mol. The van der Waals surface area contributed by atoms with E-state index in [0.717, 1.165) is 0 Å². The van der Waals surface area contributed by atoms with Crippen molar-refractivity contribution >= 4 is 16.3 Å². The summed E-state index contributed by atoms with van der Waals surface area (Å²) in [6.45, 7) is 2.16. The molecule has 0 aliphatic rings. The molecule has 0 nitrogen and oxygen atoms in total. The molecule has 0 heterocycles. The lowest BCUT2D eigenvalue weighted by Crippen LogP contribution is -1.55. The predicted octanol–water partition coefficient (Wildman–Crippen LogP) is 0.983. The Morgan fingerprint density at radius 2 is 2.00 bits per heavy atom. The van der Waals surface area contributed by atoms with Gasteiger partial charge in [0.1, 0.15) is 16.3 Å². The minimum absolute atomic E-state index is 1.24. The second kappa shape index (κ2) is 3.53. The summed E-state index contributed by atoms with van der Waals surface area (Å²) in [6.07, 6.45) is 1.28. The molecule has 0 aromatic rings. The quantitative estimate of drug-likeness (QED) is 0.403. The van der Waals surface area contributed by atoms with Crippen molar-refractivity contribution < 1.29 is 0 Å². The Morgan fingerprint density at radius 1 is 1.75 bits per heavy atom. The lowest BCUT2D eigenvalue weighted by atomic mass is 10.6. The Bertz CT molecular complexity index is 5.25. The van der Waals surface area contributed by atoms with Gasteiger partial charge in [-0.25, -0.2) is 0 Å². The summed E-state index contributed by atoms with van der Waals surface area (Å²) in [7, 11) is 0. The Morgan fingerprint density at radius 3 is 2.00 bits per heavy atom. The molecule has 0 aliphatic carbocycles. The Hall–Kier alpha value is 0.532. The molecule has 0 aromatic carbocycles. The standard InChI is InChI=1S/C3H7.Al/c1-3-2;/h1,3H2,2H3;. The van der Waals surface area contributed by atoms with Crippen molar-refractivity contribution in [1.82, 2.24) is 0 Å². The van der Waals surface area contributed by atoms with Gasteiger partial charge in [-0.1, -0.05) is 13.3 Å². The molecule has 0 N–H and O–H groups in total. The first-order valence-electron chi connectivity index (χ1n) is 1.62. The van der Waals surface area contributed by atoms with Crippen LogP contribution in [0.15, 0.2) is 0 Å². The molecule has 4 heavy (non-hydrogen) atoms. The smallest absolute Gasteiger partial charge is 0.118 e. The molecule has 0 unspecified atom stereocenters. The Kier molecular flexibility index (Phi) is 4.00. The van der Waals surface area contributed by atoms with E-state index in [9.17, 15) is 0 Å². The number of rotatable bonds is 1. The fourth-order valence-electron chi connectivity index (χ4n) is 0. The van der Waals surface area contributed by atoms with Gasteiger partial charge in [0.15, 0.2) is 0 Å². The van der Waals surface area contributed by atoms with Gasteiger partial charge in [0.05, 0.1) is 0 Å². The maximum absolute atomic E-state index is 2.66. The van der Waals surface area contributed by atoms with Crippen LogP contribution in [0, 0.1) is 0 Å². The number of hydrogen-bond donors (Lipinski definition) is 0. The first-order chi connectivity index (χ1) is 1.91. The molecule has 0 fully saturated rings. The van der Waals surface area contributed by atoms with Crippen LogP contribution in [-0.4, -0.2) is 16.3 Å². The van der Waals surface area contributed by atoms with Gasteiger partial charge in [0.2, 0.25) is 0 Å². The van der Waals surface area contributed by atoms with E-state index >= 15 is 0 Å². The topological polar surface area (TPSA) is 0 Å². The summed E-state index contributed by atoms with van der Waals surface area (Å²) in [5, 5.41) is 1.24. The van der Waals surface area contributed by atoms with E-state index in [1.54, 1.807) is 0 Å². The van der Waals surface area contributed by atoms with Crippen molar-refractivity contribution in [3.63, 3.8) is 0 Å². The highest BCUT2D eigenvalue weighted by Crippen LogP contribution is 1.73. The van der Waals surface area contributed by atoms with E-state index in [4.69, 9.17) is 0 Å². The molecular weight excluding hydrogens is 63.0 g/mol. The minimum Gasteiger partial charge on any atom is -0.118 e. The average molecular weight is 70.1 g/mol. The van der Waals surface area contributed by atoms with Gasteiger partial charge in [-0.05, 0) is 0 Å². The lowest BCUT2D eigenvalue weighted by molar-refractivity contribution is 1.08. The fourth-order valence-corrected chi connectivity index (χ4v) is 0. The number of hydrogen-bond acceptors (Lipinski definition) is 0. The maximum atomic E-state index is 2.66. The summed E-state index contributed by atoms with van der Waals surface area (Å²) in [6, 6.07) is 0. The molecule has 0 aromatic heterocycles. The van der Waals surface area contributed by atoms with Crippen LogP contribution >= 0.6 is 0 Å². The Balaban J connectivity index is 1.97. The van der Waals surface area contributed by atoms with Crippen molar-refractivity contribution in [2.24, 2.45) is 0 Å². The van der Waals surface area contributed by atoms with Crippen LogP contribution < -0.4 is 0 Å². The van der Waals surface area contributed by atoms with Crippen LogP contribution in [-0.2, 0) is 0 Å². The molecule has 0 rings (SSSR count). The third-order valence-corrected chi connectivity index (χ3v) is 0.866. The lowest BCUT2D eigenvalue weighted by Gasteiger charge is -1.68. The summed E-state index contributed by atoms with van der Waals surface area (Å²) in [4.78, 5) is 0. The van der Waals surface area contributed by atoms with Crippen molar-refractivity contribution in [1.29, 1.82) is 0 Å². The van der Waals surface area contributed by atoms with Crippen molar-refractivity contribution in [2.75, 3.05) is 0 Å². The third kappa shape index (κ3) is 2.53. The normalized spacial score (nSPS) is 7.25. The summed E-state index contributed by atoms with van der Waals surface area (Å²) in [5.41, 5.74) is 0. The second-order valence-electron chi connectivity index (χ2n) is 0.789. The molecule has 0 saturated carbocycles. The molecule has 0 saturated heterocycles. The molecule has 22 valence electrons. The van der Waals surface area contributed by atoms with E-state index in [0.29, 0.717) is 0 Å². The molecule has 0 amide bonds. The molecular formula is C3H7Al. The molecule has 0 spiro atoms. The minimum atomic E-state index is 1.24. The summed E-state index contributed by atoms with van der Waals surface area (Å²) < 4.78 is 0. The van der Waals surface area contributed by atoms with Gasteiger partial charge in [0.25, 0.3) is 0 Å². The van der Waals surface area contributed by atoms with E-state index in [1.807, 2.05) is 0 Å². The van der Waals surface area contributed by atoms with Crippen molar-refractivity contribution in [3.8, 4) is 0 Å². The summed E-state index contributed by atoms with van der Waals surface area (Å²) in [5.74, 6) is 0. The zero-order chi connectivity index (χ0) is 3.41. The van der Waals surface area contributed by atoms with Crippen LogP contribution in [0.2, 0.25) is 5.28 Å². The van der Waals surface area contributed by atoms with E-state index < -0.39 is 0 Å². The summed E-state index contributed by atoms with van der Waals surface area (Å²) >= 11 is 2.66. The monoisotopic (exact) mass is 70.0 g/mol. The van der Waals surface area contributed by atoms with E-state index in [2.05, 4.69) is 23.2 Å². The zero-order valence-corrected chi connectivity index (χ0v) is 4.15. The zero-order valence-electron chi connectivity index (χ0n) is 2.99. The molecule has 0 bridgehead atoms. The maximum Gasteiger partial charge on any atom is 0.118 e. The molecule has 0 aliphatic heterocycles. The highest BCUT2D eigenvalue weighted by molar-refractivity contribution is 6.08. The van der Waals surface area contributed by atoms with Gasteiger partial charge in [-0.3, -0.25) is 0 Å². The van der Waals surface area contributed by atoms with Gasteiger partial charge in [0, 0.05) is 0 Å². The van der Waals surface area contributed by atoms with E-state index in [-0.39, 0.29) is 0 Å².